The van der Waals surface area contributed by atoms with Gasteiger partial charge in [0, 0.05) is 26.2 Å². The second-order valence-electron chi connectivity index (χ2n) is 7.73. The molecule has 4 rings (SSSR count). The van der Waals surface area contributed by atoms with Gasteiger partial charge in [0.25, 0.3) is 0 Å². The van der Waals surface area contributed by atoms with E-state index < -0.39 is 0 Å². The van der Waals surface area contributed by atoms with E-state index in [1.54, 1.807) is 6.92 Å². The van der Waals surface area contributed by atoms with E-state index in [1.807, 2.05) is 6.07 Å². The summed E-state index contributed by atoms with van der Waals surface area (Å²) in [6.07, 6.45) is 3.46. The zero-order valence-corrected chi connectivity index (χ0v) is 15.8. The van der Waals surface area contributed by atoms with Crippen LogP contribution in [-0.2, 0) is 14.3 Å². The highest BCUT2D eigenvalue weighted by Crippen LogP contribution is 2.42. The molecule has 1 amide bonds. The Balaban J connectivity index is 1.56. The molecule has 2 aromatic carbocycles. The maximum absolute atomic E-state index is 11.7. The number of hydrogen-bond donors (Lipinski definition) is 1. The van der Waals surface area contributed by atoms with Crippen molar-refractivity contribution in [1.29, 1.82) is 0 Å². The second kappa shape index (κ2) is 7.83. The van der Waals surface area contributed by atoms with Crippen molar-refractivity contribution in [3.8, 4) is 11.1 Å². The van der Waals surface area contributed by atoms with Crippen LogP contribution in [0.5, 0.6) is 0 Å². The van der Waals surface area contributed by atoms with Gasteiger partial charge < -0.3 is 14.8 Å². The largest absolute Gasteiger partial charge is 0.381 e. The third kappa shape index (κ3) is 4.23. The summed E-state index contributed by atoms with van der Waals surface area (Å²) in [6, 6.07) is 19.2. The summed E-state index contributed by atoms with van der Waals surface area (Å²) in [4.78, 5) is 11.7. The van der Waals surface area contributed by atoms with Crippen molar-refractivity contribution in [3.05, 3.63) is 60.2 Å². The lowest BCUT2D eigenvalue weighted by atomic mass is 9.81. The average Bonchev–Trinajstić information content (AvgIpc) is 2.68. The highest BCUT2D eigenvalue weighted by Gasteiger charge is 2.43. The zero-order chi connectivity index (χ0) is 18.7. The Hall–Kier alpha value is -2.17. The maximum Gasteiger partial charge on any atom is 0.217 e. The van der Waals surface area contributed by atoms with Gasteiger partial charge in [-0.2, -0.15) is 0 Å². The molecule has 0 aliphatic carbocycles. The van der Waals surface area contributed by atoms with Crippen molar-refractivity contribution >= 4 is 5.91 Å². The number of ether oxygens (including phenoxy) is 2. The molecule has 2 heterocycles. The summed E-state index contributed by atoms with van der Waals surface area (Å²) < 4.78 is 12.2. The van der Waals surface area contributed by atoms with E-state index in [0.29, 0.717) is 0 Å². The quantitative estimate of drug-likeness (QED) is 0.884. The Morgan fingerprint density at radius 2 is 1.67 bits per heavy atom. The maximum atomic E-state index is 11.7. The lowest BCUT2D eigenvalue weighted by molar-refractivity contribution is -0.179. The molecule has 0 unspecified atom stereocenters. The number of rotatable bonds is 3. The zero-order valence-electron chi connectivity index (χ0n) is 15.8. The molecule has 1 N–H and O–H groups in total. The van der Waals surface area contributed by atoms with Crippen LogP contribution in [0.15, 0.2) is 54.6 Å². The highest BCUT2D eigenvalue weighted by atomic mass is 16.5. The number of hydrogen-bond acceptors (Lipinski definition) is 3. The molecular weight excluding hydrogens is 338 g/mol. The summed E-state index contributed by atoms with van der Waals surface area (Å²) in [5.74, 6) is 0.0299. The van der Waals surface area contributed by atoms with Crippen molar-refractivity contribution in [2.24, 2.45) is 0 Å². The minimum absolute atomic E-state index is 0.00137. The SMILES string of the molecule is CC(=O)N[C@@H]1C[C@H](c2ccc(-c3ccccc3)cc2)OC2(CCOCC2)C1. The van der Waals surface area contributed by atoms with Crippen LogP contribution in [0.3, 0.4) is 0 Å². The van der Waals surface area contributed by atoms with E-state index in [2.05, 4.69) is 53.8 Å². The summed E-state index contributed by atoms with van der Waals surface area (Å²) in [7, 11) is 0. The van der Waals surface area contributed by atoms with Crippen molar-refractivity contribution < 1.29 is 14.3 Å². The Kier molecular flexibility index (Phi) is 5.28. The fourth-order valence-electron chi connectivity index (χ4n) is 4.38. The van der Waals surface area contributed by atoms with Gasteiger partial charge in [-0.1, -0.05) is 54.6 Å². The first-order valence-corrected chi connectivity index (χ1v) is 9.82. The van der Waals surface area contributed by atoms with E-state index in [9.17, 15) is 4.79 Å². The minimum atomic E-state index is -0.188. The highest BCUT2D eigenvalue weighted by molar-refractivity contribution is 5.73. The third-order valence-corrected chi connectivity index (χ3v) is 5.71. The molecule has 2 fully saturated rings. The van der Waals surface area contributed by atoms with Gasteiger partial charge in [-0.3, -0.25) is 4.79 Å². The Morgan fingerprint density at radius 1 is 1.00 bits per heavy atom. The summed E-state index contributed by atoms with van der Waals surface area (Å²) in [6.45, 7) is 3.05. The van der Waals surface area contributed by atoms with E-state index >= 15 is 0 Å². The molecule has 2 aromatic rings. The van der Waals surface area contributed by atoms with Gasteiger partial charge in [0.1, 0.15) is 0 Å². The lowest BCUT2D eigenvalue weighted by Gasteiger charge is -2.47. The third-order valence-electron chi connectivity index (χ3n) is 5.71. The molecule has 2 saturated heterocycles. The van der Waals surface area contributed by atoms with Gasteiger partial charge in [-0.05, 0) is 42.4 Å². The smallest absolute Gasteiger partial charge is 0.217 e. The number of benzene rings is 2. The molecule has 0 radical (unpaired) electrons. The molecule has 0 saturated carbocycles. The van der Waals surface area contributed by atoms with Crippen molar-refractivity contribution in [1.82, 2.24) is 5.32 Å². The molecule has 27 heavy (non-hydrogen) atoms. The summed E-state index contributed by atoms with van der Waals surface area (Å²) >= 11 is 0. The van der Waals surface area contributed by atoms with E-state index in [0.717, 1.165) is 38.9 Å². The fraction of sp³-hybridized carbons (Fsp3) is 0.435. The minimum Gasteiger partial charge on any atom is -0.381 e. The van der Waals surface area contributed by atoms with Crippen molar-refractivity contribution in [2.45, 2.75) is 50.4 Å². The van der Waals surface area contributed by atoms with Crippen molar-refractivity contribution in [2.75, 3.05) is 13.2 Å². The predicted octanol–water partition coefficient (Wildman–Crippen LogP) is 4.26. The molecule has 0 bridgehead atoms. The van der Waals surface area contributed by atoms with Crippen molar-refractivity contribution in [3.63, 3.8) is 0 Å². The van der Waals surface area contributed by atoms with Crippen LogP contribution in [-0.4, -0.2) is 30.8 Å². The fourth-order valence-corrected chi connectivity index (χ4v) is 4.38. The Bertz CT molecular complexity index is 766. The average molecular weight is 365 g/mol. The standard InChI is InChI=1S/C23H27NO3/c1-17(25)24-21-15-22(27-23(16-21)11-13-26-14-12-23)20-9-7-19(8-10-20)18-5-3-2-4-6-18/h2-10,21-22H,11-16H2,1H3,(H,24,25)/t21-,22-/m1/s1. The molecule has 4 heteroatoms. The normalized spacial score (nSPS) is 24.5. The van der Waals surface area contributed by atoms with E-state index in [-0.39, 0.29) is 23.7 Å². The number of nitrogens with one attached hydrogen (secondary N) is 1. The van der Waals surface area contributed by atoms with Gasteiger partial charge in [0.05, 0.1) is 11.7 Å². The number of carbonyl (C=O) groups excluding carboxylic acids is 1. The predicted molar refractivity (Wildman–Crippen MR) is 105 cm³/mol. The van der Waals surface area contributed by atoms with Gasteiger partial charge in [0.15, 0.2) is 0 Å². The summed E-state index contributed by atoms with van der Waals surface area (Å²) in [5, 5.41) is 3.13. The van der Waals surface area contributed by atoms with Crippen LogP contribution in [0.4, 0.5) is 0 Å². The van der Waals surface area contributed by atoms with Gasteiger partial charge in [-0.15, -0.1) is 0 Å². The molecule has 1 spiro atoms. The first kappa shape index (κ1) is 18.2. The monoisotopic (exact) mass is 365 g/mol. The molecule has 2 aliphatic rings. The topological polar surface area (TPSA) is 47.6 Å². The molecular formula is C23H27NO3. The summed E-state index contributed by atoms with van der Waals surface area (Å²) in [5.41, 5.74) is 3.41. The molecule has 2 aliphatic heterocycles. The van der Waals surface area contributed by atoms with Crippen LogP contribution in [0.1, 0.15) is 44.3 Å². The Labute approximate surface area is 160 Å². The first-order valence-electron chi connectivity index (χ1n) is 9.82. The molecule has 4 nitrogen and oxygen atoms in total. The van der Waals surface area contributed by atoms with E-state index in [4.69, 9.17) is 9.47 Å². The second-order valence-corrected chi connectivity index (χ2v) is 7.73. The van der Waals surface area contributed by atoms with Gasteiger partial charge in [-0.25, -0.2) is 0 Å². The van der Waals surface area contributed by atoms with Crippen LogP contribution in [0.2, 0.25) is 0 Å². The molecule has 142 valence electrons. The van der Waals surface area contributed by atoms with Crippen LogP contribution < -0.4 is 5.32 Å². The van der Waals surface area contributed by atoms with E-state index in [1.165, 1.54) is 16.7 Å². The Morgan fingerprint density at radius 3 is 2.33 bits per heavy atom. The molecule has 0 aromatic heterocycles. The van der Waals surface area contributed by atoms with Gasteiger partial charge in [0.2, 0.25) is 5.91 Å². The van der Waals surface area contributed by atoms with Crippen LogP contribution in [0.25, 0.3) is 11.1 Å². The first-order chi connectivity index (χ1) is 13.1. The van der Waals surface area contributed by atoms with Gasteiger partial charge >= 0.3 is 0 Å². The number of amides is 1. The van der Waals surface area contributed by atoms with Crippen LogP contribution in [0, 0.1) is 0 Å². The number of carbonyl (C=O) groups is 1. The lowest BCUT2D eigenvalue weighted by Crippen LogP contribution is -2.51. The van der Waals surface area contributed by atoms with Crippen LogP contribution >= 0.6 is 0 Å². The molecule has 2 atom stereocenters.